The van der Waals surface area contributed by atoms with Gasteiger partial charge in [0.1, 0.15) is 5.60 Å². The number of carbonyl (C=O) groups is 2. The quantitative estimate of drug-likeness (QED) is 0.900. The minimum Gasteiger partial charge on any atom is -0.444 e. The maximum Gasteiger partial charge on any atom is 0.410 e. The number of nitrogens with one attached hydrogen (secondary N) is 1. The molecule has 2 amide bonds. The highest BCUT2D eigenvalue weighted by Crippen LogP contribution is 2.20. The van der Waals surface area contributed by atoms with Crippen molar-refractivity contribution in [1.82, 2.24) is 20.2 Å². The van der Waals surface area contributed by atoms with Gasteiger partial charge in [-0.25, -0.2) is 9.78 Å². The van der Waals surface area contributed by atoms with E-state index in [1.807, 2.05) is 20.8 Å². The molecule has 1 N–H and O–H groups in total. The number of amides is 2. The molecule has 0 radical (unpaired) electrons. The molecule has 0 atom stereocenters. The molecule has 1 aliphatic heterocycles. The average molecular weight is 355 g/mol. The Bertz CT molecular complexity index is 595. The summed E-state index contributed by atoms with van der Waals surface area (Å²) in [6, 6.07) is 0. The zero-order chi connectivity index (χ0) is 17.7. The van der Waals surface area contributed by atoms with Crippen LogP contribution in [0, 0.1) is 5.92 Å². The van der Waals surface area contributed by atoms with Crippen molar-refractivity contribution in [3.63, 3.8) is 0 Å². The molecule has 1 aromatic heterocycles. The molecule has 2 rings (SSSR count). The van der Waals surface area contributed by atoms with Crippen LogP contribution in [0.3, 0.4) is 0 Å². The second kappa shape index (κ2) is 7.79. The van der Waals surface area contributed by atoms with Crippen LogP contribution in [0.25, 0.3) is 0 Å². The second-order valence-electron chi connectivity index (χ2n) is 6.75. The van der Waals surface area contributed by atoms with Gasteiger partial charge in [0.15, 0.2) is 5.15 Å². The van der Waals surface area contributed by atoms with E-state index in [0.29, 0.717) is 31.6 Å². The van der Waals surface area contributed by atoms with E-state index in [2.05, 4.69) is 15.3 Å². The van der Waals surface area contributed by atoms with Crippen LogP contribution >= 0.6 is 11.6 Å². The van der Waals surface area contributed by atoms with Gasteiger partial charge >= 0.3 is 6.09 Å². The number of nitrogens with zero attached hydrogens (tertiary/aromatic N) is 3. The molecule has 0 spiro atoms. The van der Waals surface area contributed by atoms with Crippen LogP contribution in [-0.2, 0) is 16.1 Å². The standard InChI is InChI=1S/C16H23ClN4O3/c1-16(2,3)24-15(23)21-8-4-11(5-9-21)14(22)20-10-12-13(17)19-7-6-18-12/h6-7,11H,4-5,8-10H2,1-3H3,(H,20,22). The third kappa shape index (κ3) is 5.33. The molecular weight excluding hydrogens is 332 g/mol. The summed E-state index contributed by atoms with van der Waals surface area (Å²) in [5.74, 6) is -0.181. The Morgan fingerprint density at radius 3 is 2.50 bits per heavy atom. The van der Waals surface area contributed by atoms with E-state index >= 15 is 0 Å². The van der Waals surface area contributed by atoms with Crippen molar-refractivity contribution >= 4 is 23.6 Å². The lowest BCUT2D eigenvalue weighted by atomic mass is 9.96. The summed E-state index contributed by atoms with van der Waals surface area (Å²) in [5.41, 5.74) is 0.0279. The molecule has 8 heteroatoms. The highest BCUT2D eigenvalue weighted by atomic mass is 35.5. The normalized spacial score (nSPS) is 15.9. The molecule has 7 nitrogen and oxygen atoms in total. The van der Waals surface area contributed by atoms with E-state index in [0.717, 1.165) is 0 Å². The molecule has 2 heterocycles. The lowest BCUT2D eigenvalue weighted by Gasteiger charge is -2.32. The first-order chi connectivity index (χ1) is 11.3. The Labute approximate surface area is 146 Å². The fraction of sp³-hybridized carbons (Fsp3) is 0.625. The summed E-state index contributed by atoms with van der Waals surface area (Å²) in [6.45, 7) is 6.78. The van der Waals surface area contributed by atoms with Gasteiger partial charge in [-0.05, 0) is 33.6 Å². The van der Waals surface area contributed by atoms with E-state index in [-0.39, 0.29) is 29.6 Å². The van der Waals surface area contributed by atoms with Crippen LogP contribution in [0.15, 0.2) is 12.4 Å². The smallest absolute Gasteiger partial charge is 0.410 e. The SMILES string of the molecule is CC(C)(C)OC(=O)N1CCC(C(=O)NCc2nccnc2Cl)CC1. The van der Waals surface area contributed by atoms with Gasteiger partial charge < -0.3 is 15.0 Å². The first-order valence-electron chi connectivity index (χ1n) is 7.97. The summed E-state index contributed by atoms with van der Waals surface area (Å²) < 4.78 is 5.35. The molecule has 1 aliphatic rings. The number of carbonyl (C=O) groups excluding carboxylic acids is 2. The molecule has 24 heavy (non-hydrogen) atoms. The summed E-state index contributed by atoms with van der Waals surface area (Å²) in [5, 5.41) is 3.12. The van der Waals surface area contributed by atoms with Gasteiger partial charge in [0, 0.05) is 31.4 Å². The zero-order valence-corrected chi connectivity index (χ0v) is 15.0. The average Bonchev–Trinajstić information content (AvgIpc) is 2.52. The fourth-order valence-corrected chi connectivity index (χ4v) is 2.61. The van der Waals surface area contributed by atoms with Gasteiger partial charge in [0.05, 0.1) is 12.2 Å². The van der Waals surface area contributed by atoms with E-state index < -0.39 is 5.60 Å². The number of likely N-dealkylation sites (tertiary alicyclic amines) is 1. The van der Waals surface area contributed by atoms with Crippen molar-refractivity contribution < 1.29 is 14.3 Å². The predicted molar refractivity (Wildman–Crippen MR) is 89.4 cm³/mol. The van der Waals surface area contributed by atoms with Crippen molar-refractivity contribution in [2.24, 2.45) is 5.92 Å². The van der Waals surface area contributed by atoms with Crippen LogP contribution in [0.4, 0.5) is 4.79 Å². The molecule has 0 bridgehead atoms. The molecular formula is C16H23ClN4O3. The molecule has 0 saturated carbocycles. The Balaban J connectivity index is 1.78. The molecule has 1 fully saturated rings. The van der Waals surface area contributed by atoms with Crippen LogP contribution in [0.5, 0.6) is 0 Å². The maximum atomic E-state index is 12.3. The minimum absolute atomic E-state index is 0.0550. The third-order valence-corrected chi connectivity index (χ3v) is 3.99. The Hall–Kier alpha value is -1.89. The van der Waals surface area contributed by atoms with E-state index in [4.69, 9.17) is 16.3 Å². The molecule has 1 saturated heterocycles. The summed E-state index contributed by atoms with van der Waals surface area (Å²) in [7, 11) is 0. The van der Waals surface area contributed by atoms with E-state index in [9.17, 15) is 9.59 Å². The number of halogens is 1. The van der Waals surface area contributed by atoms with Crippen molar-refractivity contribution in [3.8, 4) is 0 Å². The number of ether oxygens (including phenoxy) is 1. The summed E-state index contributed by atoms with van der Waals surface area (Å²) in [4.78, 5) is 33.9. The monoisotopic (exact) mass is 354 g/mol. The molecule has 0 aliphatic carbocycles. The van der Waals surface area contributed by atoms with Crippen LogP contribution in [0.1, 0.15) is 39.3 Å². The molecule has 0 unspecified atom stereocenters. The minimum atomic E-state index is -0.513. The number of hydrogen-bond donors (Lipinski definition) is 1. The lowest BCUT2D eigenvalue weighted by Crippen LogP contribution is -2.44. The third-order valence-electron chi connectivity index (χ3n) is 3.67. The van der Waals surface area contributed by atoms with Crippen molar-refractivity contribution in [2.45, 2.75) is 45.8 Å². The second-order valence-corrected chi connectivity index (χ2v) is 7.11. The van der Waals surface area contributed by atoms with Crippen LogP contribution < -0.4 is 5.32 Å². The fourth-order valence-electron chi connectivity index (χ4n) is 2.43. The van der Waals surface area contributed by atoms with Crippen LogP contribution in [0.2, 0.25) is 5.15 Å². The maximum absolute atomic E-state index is 12.3. The number of hydrogen-bond acceptors (Lipinski definition) is 5. The van der Waals surface area contributed by atoms with Gasteiger partial charge in [-0.1, -0.05) is 11.6 Å². The van der Waals surface area contributed by atoms with Gasteiger partial charge in [-0.3, -0.25) is 9.78 Å². The topological polar surface area (TPSA) is 84.4 Å². The lowest BCUT2D eigenvalue weighted by molar-refractivity contribution is -0.126. The summed E-state index contributed by atoms with van der Waals surface area (Å²) in [6.07, 6.45) is 3.93. The van der Waals surface area contributed by atoms with Gasteiger partial charge in [0.25, 0.3) is 0 Å². The first-order valence-corrected chi connectivity index (χ1v) is 8.35. The van der Waals surface area contributed by atoms with E-state index in [1.54, 1.807) is 4.90 Å². The van der Waals surface area contributed by atoms with Gasteiger partial charge in [0.2, 0.25) is 5.91 Å². The molecule has 1 aromatic rings. The van der Waals surface area contributed by atoms with Crippen molar-refractivity contribution in [3.05, 3.63) is 23.2 Å². The molecule has 132 valence electrons. The Morgan fingerprint density at radius 1 is 1.29 bits per heavy atom. The predicted octanol–water partition coefficient (Wildman–Crippen LogP) is 2.39. The number of piperidine rings is 1. The first kappa shape index (κ1) is 18.4. The van der Waals surface area contributed by atoms with Gasteiger partial charge in [-0.15, -0.1) is 0 Å². The highest BCUT2D eigenvalue weighted by molar-refractivity contribution is 6.29. The molecule has 0 aromatic carbocycles. The summed E-state index contributed by atoms with van der Waals surface area (Å²) >= 11 is 5.92. The Kier molecular flexibility index (Phi) is 5.99. The van der Waals surface area contributed by atoms with E-state index in [1.165, 1.54) is 12.4 Å². The number of rotatable bonds is 3. The highest BCUT2D eigenvalue weighted by Gasteiger charge is 2.29. The van der Waals surface area contributed by atoms with Gasteiger partial charge in [-0.2, -0.15) is 0 Å². The van der Waals surface area contributed by atoms with Crippen LogP contribution in [-0.4, -0.2) is 45.6 Å². The zero-order valence-electron chi connectivity index (χ0n) is 14.2. The Morgan fingerprint density at radius 2 is 1.92 bits per heavy atom. The number of aromatic nitrogens is 2. The largest absolute Gasteiger partial charge is 0.444 e. The van der Waals surface area contributed by atoms with Crippen molar-refractivity contribution in [1.29, 1.82) is 0 Å². The van der Waals surface area contributed by atoms with Crippen molar-refractivity contribution in [2.75, 3.05) is 13.1 Å².